The number of hydrogen-bond donors (Lipinski definition) is 1. The van der Waals surface area contributed by atoms with Crippen molar-refractivity contribution >= 4 is 17.5 Å². The van der Waals surface area contributed by atoms with E-state index in [9.17, 15) is 0 Å². The highest BCUT2D eigenvalue weighted by molar-refractivity contribution is 5.76. The van der Waals surface area contributed by atoms with Crippen molar-refractivity contribution in [2.75, 3.05) is 5.73 Å². The van der Waals surface area contributed by atoms with E-state index in [1.54, 1.807) is 0 Å². The van der Waals surface area contributed by atoms with Crippen LogP contribution in [0.3, 0.4) is 0 Å². The molecule has 0 atom stereocenters. The average Bonchev–Trinajstić information content (AvgIpc) is 3.43. The van der Waals surface area contributed by atoms with Gasteiger partial charge in [-0.2, -0.15) is 0 Å². The van der Waals surface area contributed by atoms with Crippen LogP contribution in [-0.4, -0.2) is 14.1 Å². The molecule has 4 heteroatoms. The van der Waals surface area contributed by atoms with Gasteiger partial charge in [-0.1, -0.05) is 68.0 Å². The number of aromatic nitrogens is 3. The van der Waals surface area contributed by atoms with Crippen LogP contribution in [-0.2, 0) is 6.42 Å². The van der Waals surface area contributed by atoms with E-state index in [-0.39, 0.29) is 0 Å². The van der Waals surface area contributed by atoms with Gasteiger partial charge in [0.15, 0.2) is 0 Å². The van der Waals surface area contributed by atoms with Gasteiger partial charge in [0.05, 0.1) is 11.4 Å². The maximum atomic E-state index is 6.46. The second kappa shape index (κ2) is 11.8. The summed E-state index contributed by atoms with van der Waals surface area (Å²) in [4.78, 5) is 5.16. The van der Waals surface area contributed by atoms with E-state index in [2.05, 4.69) is 109 Å². The first kappa shape index (κ1) is 26.0. The number of nitrogens with two attached hydrogens (primary N) is 1. The van der Waals surface area contributed by atoms with Gasteiger partial charge in [-0.3, -0.25) is 4.57 Å². The van der Waals surface area contributed by atoms with Crippen molar-refractivity contribution in [1.82, 2.24) is 14.1 Å². The molecule has 0 bridgehead atoms. The van der Waals surface area contributed by atoms with Crippen molar-refractivity contribution in [2.24, 2.45) is 0 Å². The normalized spacial score (nSPS) is 12.3. The molecule has 0 aliphatic rings. The molecule has 2 heterocycles. The predicted molar refractivity (Wildman–Crippen MR) is 159 cm³/mol. The molecule has 190 valence electrons. The lowest BCUT2D eigenvalue weighted by Crippen LogP contribution is -2.06. The molecule has 0 spiro atoms. The molecule has 0 saturated carbocycles. The minimum atomic E-state index is 0.783. The molecular formula is C33H38N4. The summed E-state index contributed by atoms with van der Waals surface area (Å²) < 4.78 is 4.45. The first-order valence-corrected chi connectivity index (χ1v) is 13.2. The number of nitrogens with zero attached hydrogens (tertiary/aromatic N) is 3. The van der Waals surface area contributed by atoms with Crippen LogP contribution < -0.4 is 5.73 Å². The molecule has 4 rings (SSSR count). The third-order valence-corrected chi connectivity index (χ3v) is 6.66. The van der Waals surface area contributed by atoms with E-state index in [4.69, 9.17) is 10.7 Å². The van der Waals surface area contributed by atoms with Crippen LogP contribution in [0.15, 0.2) is 85.0 Å². The van der Waals surface area contributed by atoms with E-state index < -0.39 is 0 Å². The highest BCUT2D eigenvalue weighted by atomic mass is 15.1. The highest BCUT2D eigenvalue weighted by Gasteiger charge is 2.19. The Hall–Kier alpha value is -4.05. The van der Waals surface area contributed by atoms with Crippen molar-refractivity contribution in [3.63, 3.8) is 0 Å². The Balaban J connectivity index is 1.89. The topological polar surface area (TPSA) is 48.8 Å². The third-order valence-electron chi connectivity index (χ3n) is 6.66. The molecular weight excluding hydrogens is 452 g/mol. The summed E-state index contributed by atoms with van der Waals surface area (Å²) in [5.41, 5.74) is 15.4. The SMILES string of the molecule is C/C=C\C=C(/C)c1nc(-c2ccccc2)n(-c2ccc(-n3c(N)cc(C)c3CCCC)cc2)c1/C=C/C. The number of rotatable bonds is 9. The smallest absolute Gasteiger partial charge is 0.145 e. The Morgan fingerprint density at radius 2 is 1.62 bits per heavy atom. The number of hydrogen-bond acceptors (Lipinski definition) is 2. The first-order chi connectivity index (χ1) is 18.0. The molecule has 0 aliphatic carbocycles. The molecule has 4 aromatic rings. The first-order valence-electron chi connectivity index (χ1n) is 13.2. The Labute approximate surface area is 221 Å². The monoisotopic (exact) mass is 490 g/mol. The Morgan fingerprint density at radius 1 is 0.946 bits per heavy atom. The van der Waals surface area contributed by atoms with Gasteiger partial charge in [0, 0.05) is 22.6 Å². The average molecular weight is 491 g/mol. The van der Waals surface area contributed by atoms with Gasteiger partial charge in [-0.05, 0) is 88.1 Å². The summed E-state index contributed by atoms with van der Waals surface area (Å²) in [5, 5.41) is 0. The lowest BCUT2D eigenvalue weighted by atomic mass is 10.1. The molecule has 37 heavy (non-hydrogen) atoms. The second-order valence-corrected chi connectivity index (χ2v) is 9.40. The van der Waals surface area contributed by atoms with Gasteiger partial charge in [0.2, 0.25) is 0 Å². The molecule has 0 fully saturated rings. The summed E-state index contributed by atoms with van der Waals surface area (Å²) >= 11 is 0. The molecule has 2 N–H and O–H groups in total. The zero-order valence-corrected chi connectivity index (χ0v) is 22.7. The quantitative estimate of drug-likeness (QED) is 0.239. The minimum Gasteiger partial charge on any atom is -0.385 e. The van der Waals surface area contributed by atoms with Crippen LogP contribution in [0.4, 0.5) is 5.82 Å². The summed E-state index contributed by atoms with van der Waals surface area (Å²) in [5.74, 6) is 1.70. The maximum absolute atomic E-state index is 6.46. The number of aryl methyl sites for hydroxylation is 1. The number of benzene rings is 2. The maximum Gasteiger partial charge on any atom is 0.145 e. The van der Waals surface area contributed by atoms with Crippen LogP contribution in [0.2, 0.25) is 0 Å². The van der Waals surface area contributed by atoms with Crippen LogP contribution >= 0.6 is 0 Å². The van der Waals surface area contributed by atoms with Gasteiger partial charge in [-0.25, -0.2) is 4.98 Å². The number of nitrogen functional groups attached to an aromatic ring is 1. The highest BCUT2D eigenvalue weighted by Crippen LogP contribution is 2.32. The van der Waals surface area contributed by atoms with Crippen molar-refractivity contribution in [3.8, 4) is 22.8 Å². The second-order valence-electron chi connectivity index (χ2n) is 9.40. The summed E-state index contributed by atoms with van der Waals surface area (Å²) in [7, 11) is 0. The fourth-order valence-electron chi connectivity index (χ4n) is 4.81. The summed E-state index contributed by atoms with van der Waals surface area (Å²) in [6.45, 7) is 10.6. The zero-order valence-electron chi connectivity index (χ0n) is 22.7. The number of anilines is 1. The fraction of sp³-hybridized carbons (Fsp3) is 0.242. The van der Waals surface area contributed by atoms with Crippen LogP contribution in [0.1, 0.15) is 63.2 Å². The van der Waals surface area contributed by atoms with E-state index in [0.717, 1.165) is 64.8 Å². The molecule has 0 saturated heterocycles. The number of imidazole rings is 1. The van der Waals surface area contributed by atoms with Crippen molar-refractivity contribution in [2.45, 2.75) is 53.9 Å². The molecule has 0 aliphatic heterocycles. The van der Waals surface area contributed by atoms with E-state index in [0.29, 0.717) is 0 Å². The molecule has 2 aromatic carbocycles. The fourth-order valence-corrected chi connectivity index (χ4v) is 4.81. The number of allylic oxidation sites excluding steroid dienone is 5. The largest absolute Gasteiger partial charge is 0.385 e. The van der Waals surface area contributed by atoms with Gasteiger partial charge in [0.1, 0.15) is 11.6 Å². The third kappa shape index (κ3) is 5.39. The Kier molecular flexibility index (Phi) is 8.29. The van der Waals surface area contributed by atoms with Crippen molar-refractivity contribution in [3.05, 3.63) is 108 Å². The van der Waals surface area contributed by atoms with E-state index in [1.807, 2.05) is 26.0 Å². The van der Waals surface area contributed by atoms with Crippen molar-refractivity contribution in [1.29, 1.82) is 0 Å². The molecule has 2 aromatic heterocycles. The number of unbranched alkanes of at least 4 members (excludes halogenated alkanes) is 1. The van der Waals surface area contributed by atoms with E-state index in [1.165, 1.54) is 11.3 Å². The Morgan fingerprint density at radius 3 is 2.24 bits per heavy atom. The summed E-state index contributed by atoms with van der Waals surface area (Å²) in [6.07, 6.45) is 13.8. The van der Waals surface area contributed by atoms with Gasteiger partial charge >= 0.3 is 0 Å². The standard InChI is InChI=1S/C33H38N4/c1-6-9-15-24(4)32-30(14-8-3)37(33(35-32)26-16-12-11-13-17-26)28-21-19-27(20-22-28)36-29(18-10-7-2)25(5)23-31(36)34/h6,8-9,11-17,19-23H,7,10,18,34H2,1-5H3/b9-6-,14-8+,24-15+. The molecule has 0 amide bonds. The Bertz CT molecular complexity index is 1430. The van der Waals surface area contributed by atoms with Crippen LogP contribution in [0.5, 0.6) is 0 Å². The predicted octanol–water partition coefficient (Wildman–Crippen LogP) is 8.58. The minimum absolute atomic E-state index is 0.783. The van der Waals surface area contributed by atoms with Gasteiger partial charge in [0.25, 0.3) is 0 Å². The zero-order chi connectivity index (χ0) is 26.4. The van der Waals surface area contributed by atoms with Gasteiger partial charge in [-0.15, -0.1) is 0 Å². The van der Waals surface area contributed by atoms with E-state index >= 15 is 0 Å². The van der Waals surface area contributed by atoms with Gasteiger partial charge < -0.3 is 10.3 Å². The summed E-state index contributed by atoms with van der Waals surface area (Å²) in [6, 6.07) is 21.1. The molecule has 0 unspecified atom stereocenters. The van der Waals surface area contributed by atoms with Crippen LogP contribution in [0.25, 0.3) is 34.4 Å². The lowest BCUT2D eigenvalue weighted by Gasteiger charge is -2.15. The molecule has 4 nitrogen and oxygen atoms in total. The van der Waals surface area contributed by atoms with Crippen LogP contribution in [0, 0.1) is 6.92 Å². The lowest BCUT2D eigenvalue weighted by molar-refractivity contribution is 0.757. The molecule has 0 radical (unpaired) electrons. The van der Waals surface area contributed by atoms with Crippen molar-refractivity contribution < 1.29 is 0 Å².